The van der Waals surface area contributed by atoms with Crippen molar-refractivity contribution in [2.75, 3.05) is 10.2 Å². The Morgan fingerprint density at radius 3 is 2.41 bits per heavy atom. The third kappa shape index (κ3) is 7.27. The van der Waals surface area contributed by atoms with Crippen molar-refractivity contribution in [2.45, 2.75) is 33.1 Å². The molecule has 7 rings (SSSR count). The third-order valence-electron chi connectivity index (χ3n) is 9.02. The highest BCUT2D eigenvalue weighted by atomic mass is 16.3. The number of para-hydroxylation sites is 3. The highest BCUT2D eigenvalue weighted by molar-refractivity contribution is 6.64. The lowest BCUT2D eigenvalue weighted by molar-refractivity contribution is 0.360. The normalized spacial score (nSPS) is 18.2. The lowest BCUT2D eigenvalue weighted by atomic mass is 9.59. The topological polar surface area (TPSA) is 47.5 Å². The zero-order chi connectivity index (χ0) is 33.6. The molecule has 1 radical (unpaired) electrons. The van der Waals surface area contributed by atoms with Crippen LogP contribution in [0.1, 0.15) is 37.3 Å². The highest BCUT2D eigenvalue weighted by Gasteiger charge is 2.23. The molecule has 4 nitrogen and oxygen atoms in total. The van der Waals surface area contributed by atoms with Gasteiger partial charge in [-0.3, -0.25) is 0 Å². The van der Waals surface area contributed by atoms with Crippen molar-refractivity contribution < 1.29 is 5.11 Å². The fourth-order valence-electron chi connectivity index (χ4n) is 6.63. The maximum absolute atomic E-state index is 10.6. The molecular formula is C44H41BN3O. The molecule has 49 heavy (non-hydrogen) atoms. The Morgan fingerprint density at radius 2 is 1.63 bits per heavy atom. The number of fused-ring (bicyclic) bond motifs is 1. The van der Waals surface area contributed by atoms with Crippen molar-refractivity contribution in [3.05, 3.63) is 180 Å². The van der Waals surface area contributed by atoms with E-state index in [9.17, 15) is 5.11 Å². The molecule has 1 heterocycles. The molecule has 3 aliphatic rings. The number of rotatable bonds is 8. The molecule has 1 aliphatic heterocycles. The van der Waals surface area contributed by atoms with Gasteiger partial charge < -0.3 is 20.6 Å². The molecule has 0 saturated carbocycles. The lowest BCUT2D eigenvalue weighted by Crippen LogP contribution is -2.25. The van der Waals surface area contributed by atoms with Crippen LogP contribution in [0.25, 0.3) is 17.2 Å². The van der Waals surface area contributed by atoms with Crippen LogP contribution < -0.4 is 21.0 Å². The maximum Gasteiger partial charge on any atom is 0.194 e. The number of aliphatic hydroxyl groups is 1. The number of anilines is 4. The van der Waals surface area contributed by atoms with E-state index in [1.54, 1.807) is 0 Å². The minimum absolute atomic E-state index is 0.326. The van der Waals surface area contributed by atoms with Crippen molar-refractivity contribution >= 4 is 41.6 Å². The Labute approximate surface area is 291 Å². The van der Waals surface area contributed by atoms with Gasteiger partial charge in [0.05, 0.1) is 17.1 Å². The Kier molecular flexibility index (Phi) is 9.51. The molecule has 0 aromatic heterocycles. The fraction of sp³-hybridized carbons (Fsp3) is 0.136. The first kappa shape index (κ1) is 31.9. The maximum atomic E-state index is 10.6. The summed E-state index contributed by atoms with van der Waals surface area (Å²) in [6.45, 7) is 4.27. The number of nitrogens with one attached hydrogen (secondary N) is 2. The van der Waals surface area contributed by atoms with Crippen molar-refractivity contribution in [1.29, 1.82) is 0 Å². The van der Waals surface area contributed by atoms with Crippen LogP contribution in [0.4, 0.5) is 22.7 Å². The van der Waals surface area contributed by atoms with Crippen molar-refractivity contribution in [3.63, 3.8) is 0 Å². The second kappa shape index (κ2) is 14.6. The molecule has 5 heteroatoms. The molecular weight excluding hydrogens is 597 g/mol. The first-order valence-electron chi connectivity index (χ1n) is 17.1. The quantitative estimate of drug-likeness (QED) is 0.168. The fourth-order valence-corrected chi connectivity index (χ4v) is 6.63. The van der Waals surface area contributed by atoms with Gasteiger partial charge in [-0.1, -0.05) is 121 Å². The molecule has 4 aromatic carbocycles. The number of aryl methyl sites for hydroxylation is 1. The SMILES string of the molecule is Cc1cc2c(c(-c3cccc(N(C4=CCCC=C4)c4ccccc4)c3Nc3ccccc3)c1)[B]C(=C\NC1=C(O)CC(C)C=C1)/C=C\C=C2. The number of hydrogen-bond acceptors (Lipinski definition) is 4. The summed E-state index contributed by atoms with van der Waals surface area (Å²) in [5.74, 6) is 0.712. The van der Waals surface area contributed by atoms with E-state index in [1.807, 2.05) is 18.3 Å². The molecule has 0 fully saturated rings. The van der Waals surface area contributed by atoms with E-state index in [1.165, 1.54) is 5.56 Å². The Hall–Kier alpha value is -5.68. The van der Waals surface area contributed by atoms with Crippen LogP contribution in [0, 0.1) is 12.8 Å². The summed E-state index contributed by atoms with van der Waals surface area (Å²) in [6.07, 6.45) is 24.0. The summed E-state index contributed by atoms with van der Waals surface area (Å²) in [4.78, 5) is 2.37. The van der Waals surface area contributed by atoms with Gasteiger partial charge in [0.25, 0.3) is 0 Å². The Bertz CT molecular complexity index is 2050. The highest BCUT2D eigenvalue weighted by Crippen LogP contribution is 2.43. The van der Waals surface area contributed by atoms with Crippen molar-refractivity contribution in [1.82, 2.24) is 5.32 Å². The van der Waals surface area contributed by atoms with Gasteiger partial charge in [-0.15, -0.1) is 0 Å². The van der Waals surface area contributed by atoms with Gasteiger partial charge >= 0.3 is 0 Å². The van der Waals surface area contributed by atoms with Crippen LogP contribution in [-0.2, 0) is 0 Å². The van der Waals surface area contributed by atoms with Gasteiger partial charge in [0.2, 0.25) is 0 Å². The standard InChI is InChI=1S/C44H41BN3O/c1-31-25-26-40(42(49)29-31)46-30-34-16-13-12-15-33-27-32(2)28-39(43(33)45-34)38-23-14-24-41(44(38)47-35-17-6-3-7-18-35)48(36-19-8-4-9-20-36)37-21-10-5-11-22-37/h3-4,6-10,12-28,30-31,46-47,49H,5,11,29H2,1-2H3/b15-12?,16-13-,34-30-. The van der Waals surface area contributed by atoms with Gasteiger partial charge in [0, 0.05) is 29.1 Å². The lowest BCUT2D eigenvalue weighted by Gasteiger charge is -2.31. The first-order valence-corrected chi connectivity index (χ1v) is 17.1. The number of benzene rings is 4. The average Bonchev–Trinajstić information content (AvgIpc) is 3.11. The number of allylic oxidation sites excluding steroid dienone is 10. The zero-order valence-electron chi connectivity index (χ0n) is 28.1. The molecule has 0 saturated heterocycles. The van der Waals surface area contributed by atoms with Crippen LogP contribution in [0.5, 0.6) is 0 Å². The molecule has 241 valence electrons. The smallest absolute Gasteiger partial charge is 0.194 e. The predicted octanol–water partition coefficient (Wildman–Crippen LogP) is 10.5. The van der Waals surface area contributed by atoms with Gasteiger partial charge in [-0.2, -0.15) is 0 Å². The summed E-state index contributed by atoms with van der Waals surface area (Å²) < 4.78 is 0. The van der Waals surface area contributed by atoms with E-state index in [4.69, 9.17) is 0 Å². The monoisotopic (exact) mass is 638 g/mol. The summed E-state index contributed by atoms with van der Waals surface area (Å²) in [6, 6.07) is 32.2. The molecule has 4 aromatic rings. The van der Waals surface area contributed by atoms with Gasteiger partial charge in [-0.05, 0) is 91.1 Å². The third-order valence-corrected chi connectivity index (χ3v) is 9.02. The van der Waals surface area contributed by atoms with Gasteiger partial charge in [0.1, 0.15) is 5.76 Å². The summed E-state index contributed by atoms with van der Waals surface area (Å²) in [5, 5.41) is 17.9. The minimum Gasteiger partial charge on any atom is -0.510 e. The van der Waals surface area contributed by atoms with Crippen LogP contribution in [-0.4, -0.2) is 12.4 Å². The zero-order valence-corrected chi connectivity index (χ0v) is 28.1. The number of hydrogen-bond donors (Lipinski definition) is 3. The second-order valence-electron chi connectivity index (χ2n) is 12.8. The largest absolute Gasteiger partial charge is 0.510 e. The van der Waals surface area contributed by atoms with E-state index in [2.05, 4.69) is 170 Å². The van der Waals surface area contributed by atoms with E-state index >= 15 is 0 Å². The average molecular weight is 639 g/mol. The Balaban J connectivity index is 1.39. The second-order valence-corrected chi connectivity index (χ2v) is 12.8. The summed E-state index contributed by atoms with van der Waals surface area (Å²) in [5.41, 5.74) is 12.8. The molecule has 0 spiro atoms. The first-order chi connectivity index (χ1) is 24.0. The van der Waals surface area contributed by atoms with Crippen LogP contribution in [0.2, 0.25) is 0 Å². The van der Waals surface area contributed by atoms with Gasteiger partial charge in [0.15, 0.2) is 7.28 Å². The molecule has 1 atom stereocenters. The Morgan fingerprint density at radius 1 is 0.837 bits per heavy atom. The molecule has 0 amide bonds. The van der Waals surface area contributed by atoms with Crippen molar-refractivity contribution in [2.24, 2.45) is 5.92 Å². The van der Waals surface area contributed by atoms with Crippen LogP contribution >= 0.6 is 0 Å². The van der Waals surface area contributed by atoms with Crippen molar-refractivity contribution in [3.8, 4) is 11.1 Å². The van der Waals surface area contributed by atoms with E-state index in [-0.39, 0.29) is 0 Å². The van der Waals surface area contributed by atoms with Crippen LogP contribution in [0.15, 0.2) is 168 Å². The van der Waals surface area contributed by atoms with E-state index in [0.29, 0.717) is 18.1 Å². The van der Waals surface area contributed by atoms with Gasteiger partial charge in [-0.25, -0.2) is 0 Å². The molecule has 2 aliphatic carbocycles. The number of nitrogens with zero attached hydrogens (tertiary/aromatic N) is 1. The summed E-state index contributed by atoms with van der Waals surface area (Å²) >= 11 is 0. The summed E-state index contributed by atoms with van der Waals surface area (Å²) in [7, 11) is 2.24. The molecule has 1 unspecified atom stereocenters. The van der Waals surface area contributed by atoms with E-state index in [0.717, 1.165) is 74.6 Å². The number of aliphatic hydroxyl groups excluding tert-OH is 1. The van der Waals surface area contributed by atoms with Crippen LogP contribution in [0.3, 0.4) is 0 Å². The molecule has 3 N–H and O–H groups in total. The minimum atomic E-state index is 0.326. The predicted molar refractivity (Wildman–Crippen MR) is 209 cm³/mol. The molecule has 0 bridgehead atoms. The van der Waals surface area contributed by atoms with E-state index < -0.39 is 0 Å².